The van der Waals surface area contributed by atoms with Crippen LogP contribution in [0.5, 0.6) is 0 Å². The molecule has 28 heteroatoms. The summed E-state index contributed by atoms with van der Waals surface area (Å²) in [5.41, 5.74) is -1.95. The van der Waals surface area contributed by atoms with E-state index in [1.165, 1.54) is 12.8 Å². The maximum absolute atomic E-state index is 13.4. The summed E-state index contributed by atoms with van der Waals surface area (Å²) >= 11 is 0. The summed E-state index contributed by atoms with van der Waals surface area (Å²) in [6, 6.07) is 0. The Kier molecular flexibility index (Phi) is 40.6. The number of carbonyl (C=O) groups is 14. The Morgan fingerprint density at radius 2 is 0.659 bits per heavy atom. The van der Waals surface area contributed by atoms with E-state index in [2.05, 4.69) is 13.8 Å². The van der Waals surface area contributed by atoms with Gasteiger partial charge in [0.2, 0.25) is 0 Å². The topological polar surface area (TPSA) is 368 Å². The summed E-state index contributed by atoms with van der Waals surface area (Å²) in [4.78, 5) is 176. The Labute approximate surface area is 826 Å². The van der Waals surface area contributed by atoms with Crippen LogP contribution in [0.15, 0.2) is 0 Å². The van der Waals surface area contributed by atoms with Crippen LogP contribution in [0, 0.1) is 153 Å². The first-order valence-corrected chi connectivity index (χ1v) is 50.0. The van der Waals surface area contributed by atoms with Crippen molar-refractivity contribution in [2.24, 2.45) is 153 Å². The lowest BCUT2D eigenvalue weighted by Gasteiger charge is -2.39. The number of hydrogen-bond donors (Lipinski definition) is 0. The van der Waals surface area contributed by atoms with Gasteiger partial charge in [0, 0.05) is 53.3 Å². The standard InChI is InChI=1S/C23H32O6.2C21H30O6.C20H28O6.C15H22O4.10CH4/c1-4-11(3)20(24)27-18-15-9-14-16(21(25)28-19(14)18)17(15)22(26)29-23(5-2)10-12-6-7-13(23)8-12;1-4-11(2)18(22)25-16-13-10-12-14(19(23)26-17(12)16)15(13)20(24)27-21(3)8-6-5-7-9-21;1-4-11(3)18(22)25-16-13-10-12-14(19(23)26-17(12)16)15(13)20(24)27-21(5-2)8-6-7-9-21;1-4-10(2)17(21)24-15-12-9-11-13(18(22)25-16(11)15)14(12)19(23)26-20(3)7-5-6-8-20;1-3-9(2)13(16)19-12-7-10-6-11(12)15(8-10)4-5-18-14(15)17;;;;;;;;;;/h11-19H,4-10H2,1-3H3;2*11-17H,4-10H2,1-3H3;10-16H,4-9H2,1-3H3;9-12H,3-8H2,1-2H3;10*1H4. The average molecular weight is 1950 g/mol. The second-order valence-corrected chi connectivity index (χ2v) is 43.5. The third-order valence-electron chi connectivity index (χ3n) is 36.3. The molecule has 36 unspecified atom stereocenters. The van der Waals surface area contributed by atoms with E-state index >= 15 is 0 Å². The number of cyclic esters (lactones) is 1. The molecule has 1 spiro atoms. The summed E-state index contributed by atoms with van der Waals surface area (Å²) in [7, 11) is 0. The van der Waals surface area contributed by atoms with Crippen molar-refractivity contribution >= 4 is 83.6 Å². The minimum absolute atomic E-state index is 0. The predicted molar refractivity (Wildman–Crippen MR) is 519 cm³/mol. The van der Waals surface area contributed by atoms with Gasteiger partial charge in [0.25, 0.3) is 0 Å². The van der Waals surface area contributed by atoms with Gasteiger partial charge in [-0.2, -0.15) is 0 Å². The van der Waals surface area contributed by atoms with Gasteiger partial charge in [-0.1, -0.05) is 164 Å². The van der Waals surface area contributed by atoms with Crippen molar-refractivity contribution in [1.82, 2.24) is 0 Å². The molecular formula is C110H182O28. The Balaban J connectivity index is 0.000000261. The molecule has 28 nitrogen and oxygen atoms in total. The molecule has 12 bridgehead atoms. The molecule has 5 heterocycles. The van der Waals surface area contributed by atoms with Crippen LogP contribution in [0.1, 0.15) is 377 Å². The predicted octanol–water partition coefficient (Wildman–Crippen LogP) is 20.6. The molecule has 20 aliphatic rings. The molecule has 0 radical (unpaired) electrons. The van der Waals surface area contributed by atoms with E-state index in [4.69, 9.17) is 66.3 Å². The number of rotatable bonds is 25. The molecule has 0 aromatic carbocycles. The van der Waals surface area contributed by atoms with Crippen molar-refractivity contribution in [3.05, 3.63) is 0 Å². The fourth-order valence-electron chi connectivity index (χ4n) is 28.1. The summed E-state index contributed by atoms with van der Waals surface area (Å²) in [5, 5.41) is 0. The van der Waals surface area contributed by atoms with Crippen LogP contribution in [0.4, 0.5) is 0 Å². The van der Waals surface area contributed by atoms with Crippen LogP contribution >= 0.6 is 0 Å². The first-order chi connectivity index (χ1) is 61.0. The van der Waals surface area contributed by atoms with Crippen molar-refractivity contribution in [2.75, 3.05) is 6.61 Å². The lowest BCUT2D eigenvalue weighted by atomic mass is 9.71. The second-order valence-electron chi connectivity index (χ2n) is 43.5. The summed E-state index contributed by atoms with van der Waals surface area (Å²) in [6.45, 7) is 27.6. The van der Waals surface area contributed by atoms with E-state index in [1.807, 2.05) is 83.1 Å². The zero-order chi connectivity index (χ0) is 91.4. The molecule has 0 aromatic rings. The van der Waals surface area contributed by atoms with Gasteiger partial charge in [0.1, 0.15) is 77.3 Å². The SMILES string of the molecule is C.C.C.C.C.C.C.C.C.C.CCC(C)C(=O)OC1C2CC3C1OC(=O)C3C2C(=O)OC1(C)CCCC1.CCC(C)C(=O)OC1C2CC3C1OC(=O)C3C2C(=O)OC1(C)CCCCC1.CCC(C)C(=O)OC1C2CC3C1OC(=O)C3C2C(=O)OC1(CC)CC2CCC1C2.CCC(C)C(=O)OC1C2CC3C1OC(=O)C3C2C(=O)OC1(CC)CCCC1.CCC(C)C(=O)OC1CC2CC1C1(CCOC1=O)C2. The van der Waals surface area contributed by atoms with Crippen LogP contribution in [0.25, 0.3) is 0 Å². The fourth-order valence-corrected chi connectivity index (χ4v) is 28.1. The van der Waals surface area contributed by atoms with Gasteiger partial charge >= 0.3 is 83.6 Å². The minimum Gasteiger partial charge on any atom is -0.465 e. The first-order valence-electron chi connectivity index (χ1n) is 50.0. The molecule has 138 heavy (non-hydrogen) atoms. The molecule has 36 atom stereocenters. The third kappa shape index (κ3) is 21.4. The molecule has 0 N–H and O–H groups in total. The zero-order valence-corrected chi connectivity index (χ0v) is 77.9. The Morgan fingerprint density at radius 3 is 0.949 bits per heavy atom. The van der Waals surface area contributed by atoms with Crippen LogP contribution in [-0.4, -0.2) is 168 Å². The van der Waals surface area contributed by atoms with E-state index in [9.17, 15) is 67.1 Å². The van der Waals surface area contributed by atoms with E-state index < -0.39 is 107 Å². The largest absolute Gasteiger partial charge is 0.465 e. The summed E-state index contributed by atoms with van der Waals surface area (Å²) in [6.07, 6.45) is 25.2. The highest BCUT2D eigenvalue weighted by Gasteiger charge is 2.76. The number of esters is 14. The molecule has 5 aliphatic heterocycles. The van der Waals surface area contributed by atoms with Gasteiger partial charge in [-0.15, -0.1) is 0 Å². The lowest BCUT2D eigenvalue weighted by Crippen LogP contribution is -2.47. The average Bonchev–Trinajstić information content (AvgIpc) is 1.55. The van der Waals surface area contributed by atoms with Gasteiger partial charge in [0.15, 0.2) is 0 Å². The molecule has 15 aliphatic carbocycles. The van der Waals surface area contributed by atoms with Crippen molar-refractivity contribution in [2.45, 2.75) is 454 Å². The van der Waals surface area contributed by atoms with Crippen LogP contribution < -0.4 is 0 Å². The Bertz CT molecular complexity index is 4250. The van der Waals surface area contributed by atoms with E-state index in [-0.39, 0.29) is 263 Å². The van der Waals surface area contributed by atoms with E-state index in [0.29, 0.717) is 75.7 Å². The van der Waals surface area contributed by atoms with Gasteiger partial charge < -0.3 is 66.3 Å². The highest BCUT2D eigenvalue weighted by molar-refractivity contribution is 5.90. The maximum atomic E-state index is 13.4. The molecule has 0 aromatic heterocycles. The molecular weight excluding hydrogens is 1770 g/mol. The van der Waals surface area contributed by atoms with Crippen molar-refractivity contribution in [3.8, 4) is 0 Å². The molecule has 0 amide bonds. The highest BCUT2D eigenvalue weighted by Crippen LogP contribution is 2.66. The summed E-state index contributed by atoms with van der Waals surface area (Å²) in [5.74, 6) is -7.48. The van der Waals surface area contributed by atoms with Crippen LogP contribution in [-0.2, 0) is 133 Å². The van der Waals surface area contributed by atoms with Gasteiger partial charge in [-0.25, -0.2) is 0 Å². The zero-order valence-electron chi connectivity index (χ0n) is 77.9. The Hall–Kier alpha value is -7.42. The van der Waals surface area contributed by atoms with Gasteiger partial charge in [-0.3, -0.25) is 67.1 Å². The number of fused-ring (bicyclic) bond motifs is 9. The molecule has 790 valence electrons. The number of hydrogen-bond acceptors (Lipinski definition) is 28. The summed E-state index contributed by atoms with van der Waals surface area (Å²) < 4.78 is 80.2. The first kappa shape index (κ1) is 119. The monoisotopic (exact) mass is 1950 g/mol. The van der Waals surface area contributed by atoms with E-state index in [1.54, 1.807) is 0 Å². The van der Waals surface area contributed by atoms with Crippen LogP contribution in [0.2, 0.25) is 0 Å². The van der Waals surface area contributed by atoms with E-state index in [0.717, 1.165) is 141 Å². The quantitative estimate of drug-likeness (QED) is 0.0605. The van der Waals surface area contributed by atoms with Crippen molar-refractivity contribution in [3.63, 3.8) is 0 Å². The molecule has 20 rings (SSSR count). The van der Waals surface area contributed by atoms with Gasteiger partial charge in [0.05, 0.1) is 89.0 Å². The molecule has 5 saturated heterocycles. The third-order valence-corrected chi connectivity index (χ3v) is 36.3. The maximum Gasteiger partial charge on any atom is 0.312 e. The molecule has 15 saturated carbocycles. The van der Waals surface area contributed by atoms with Crippen molar-refractivity contribution in [1.29, 1.82) is 0 Å². The van der Waals surface area contributed by atoms with Crippen LogP contribution in [0.3, 0.4) is 0 Å². The lowest BCUT2D eigenvalue weighted by molar-refractivity contribution is -0.181. The van der Waals surface area contributed by atoms with Gasteiger partial charge in [-0.05, 0) is 231 Å². The number of ether oxygens (including phenoxy) is 14. The second kappa shape index (κ2) is 47.0. The number of carbonyl (C=O) groups excluding carboxylic acids is 14. The highest BCUT2D eigenvalue weighted by atomic mass is 16.6. The van der Waals surface area contributed by atoms with Crippen molar-refractivity contribution < 1.29 is 133 Å². The minimum atomic E-state index is -0.547. The normalized spacial score (nSPS) is 38.7. The Morgan fingerprint density at radius 1 is 0.341 bits per heavy atom. The smallest absolute Gasteiger partial charge is 0.312 e. The fraction of sp³-hybridized carbons (Fsp3) is 0.873. The molecule has 20 fully saturated rings.